The Hall–Kier alpha value is -0.160. The number of hydrogen-bond acceptors (Lipinski definition) is 4. The van der Waals surface area contributed by atoms with Gasteiger partial charge in [0.1, 0.15) is 0 Å². The number of rotatable bonds is 30. The molecule has 0 aliphatic rings. The summed E-state index contributed by atoms with van der Waals surface area (Å²) in [6.45, 7) is 9.58. The third kappa shape index (κ3) is 41.0. The van der Waals surface area contributed by atoms with E-state index >= 15 is 0 Å². The highest BCUT2D eigenvalue weighted by atomic mass is 16.5. The van der Waals surface area contributed by atoms with Gasteiger partial charge < -0.3 is 20.9 Å². The SMILES string of the molecule is CCCCCCCCCCCCCCCCOCCCN.CCCCCCCCCCOCCCN. The molecule has 0 spiro atoms. The normalized spacial score (nSPS) is 11.0. The standard InChI is InChI=1S/C19H41NO.C13H29NO/c1-2-3-4-5-6-7-8-9-10-11-12-13-14-15-18-21-19-16-17-20;1-2-3-4-5-6-7-8-9-12-15-13-10-11-14/h2-20H2,1H3;2-14H2,1H3. The molecule has 0 aromatic carbocycles. The Labute approximate surface area is 228 Å². The van der Waals surface area contributed by atoms with Gasteiger partial charge in [0.05, 0.1) is 0 Å². The first kappa shape index (κ1) is 38.0. The van der Waals surface area contributed by atoms with Crippen molar-refractivity contribution in [2.75, 3.05) is 39.5 Å². The molecule has 36 heavy (non-hydrogen) atoms. The van der Waals surface area contributed by atoms with Gasteiger partial charge in [0, 0.05) is 26.4 Å². The van der Waals surface area contributed by atoms with Crippen molar-refractivity contribution in [2.24, 2.45) is 11.5 Å². The maximum absolute atomic E-state index is 5.50. The second-order valence-electron chi connectivity index (χ2n) is 10.6. The van der Waals surface area contributed by atoms with Gasteiger partial charge in [-0.2, -0.15) is 0 Å². The fraction of sp³-hybridized carbons (Fsp3) is 1.00. The lowest BCUT2D eigenvalue weighted by Crippen LogP contribution is -2.04. The summed E-state index contributed by atoms with van der Waals surface area (Å²) in [5, 5.41) is 0. The fourth-order valence-electron chi connectivity index (χ4n) is 4.31. The summed E-state index contributed by atoms with van der Waals surface area (Å²) >= 11 is 0. The van der Waals surface area contributed by atoms with Crippen LogP contribution in [0, 0.1) is 0 Å². The smallest absolute Gasteiger partial charge is 0.0478 e. The highest BCUT2D eigenvalue weighted by molar-refractivity contribution is 4.50. The second kappa shape index (κ2) is 39.4. The molecule has 0 amide bonds. The highest BCUT2D eigenvalue weighted by Gasteiger charge is 1.95. The summed E-state index contributed by atoms with van der Waals surface area (Å²) in [5.74, 6) is 0. The number of hydrogen-bond donors (Lipinski definition) is 2. The van der Waals surface area contributed by atoms with E-state index in [1.165, 1.54) is 141 Å². The number of unbranched alkanes of at least 4 members (excludes halogenated alkanes) is 20. The van der Waals surface area contributed by atoms with Crippen LogP contribution in [-0.2, 0) is 9.47 Å². The summed E-state index contributed by atoms with van der Waals surface area (Å²) < 4.78 is 10.9. The molecule has 0 aromatic rings. The van der Waals surface area contributed by atoms with Crippen molar-refractivity contribution >= 4 is 0 Å². The Kier molecular flexibility index (Phi) is 41.5. The molecule has 0 aliphatic heterocycles. The highest BCUT2D eigenvalue weighted by Crippen LogP contribution is 2.13. The molecule has 4 N–H and O–H groups in total. The first-order chi connectivity index (χ1) is 17.8. The van der Waals surface area contributed by atoms with Crippen LogP contribution in [0.25, 0.3) is 0 Å². The lowest BCUT2D eigenvalue weighted by Gasteiger charge is -2.04. The van der Waals surface area contributed by atoms with Crippen LogP contribution in [0.5, 0.6) is 0 Å². The summed E-state index contributed by atoms with van der Waals surface area (Å²) in [4.78, 5) is 0. The first-order valence-electron chi connectivity index (χ1n) is 16.4. The fourth-order valence-corrected chi connectivity index (χ4v) is 4.31. The monoisotopic (exact) mass is 515 g/mol. The van der Waals surface area contributed by atoms with Gasteiger partial charge in [0.25, 0.3) is 0 Å². The topological polar surface area (TPSA) is 70.5 Å². The molecule has 220 valence electrons. The van der Waals surface area contributed by atoms with E-state index in [4.69, 9.17) is 20.9 Å². The third-order valence-electron chi connectivity index (χ3n) is 6.77. The third-order valence-corrected chi connectivity index (χ3v) is 6.77. The minimum atomic E-state index is 0.747. The van der Waals surface area contributed by atoms with Gasteiger partial charge >= 0.3 is 0 Å². The van der Waals surface area contributed by atoms with Crippen molar-refractivity contribution < 1.29 is 9.47 Å². The molecule has 0 aliphatic carbocycles. The van der Waals surface area contributed by atoms with Crippen LogP contribution < -0.4 is 11.5 Å². The van der Waals surface area contributed by atoms with Gasteiger partial charge in [-0.1, -0.05) is 142 Å². The van der Waals surface area contributed by atoms with E-state index < -0.39 is 0 Å². The van der Waals surface area contributed by atoms with E-state index in [1.807, 2.05) is 0 Å². The molecular formula is C32H70N2O2. The molecule has 0 saturated heterocycles. The average molecular weight is 515 g/mol. The summed E-state index contributed by atoms with van der Waals surface area (Å²) in [6, 6.07) is 0. The Bertz CT molecular complexity index is 312. The molecule has 0 aromatic heterocycles. The molecule has 0 radical (unpaired) electrons. The second-order valence-corrected chi connectivity index (χ2v) is 10.6. The van der Waals surface area contributed by atoms with Gasteiger partial charge in [-0.05, 0) is 38.8 Å². The Balaban J connectivity index is 0. The molecule has 0 rings (SSSR count). The Morgan fingerprint density at radius 1 is 0.306 bits per heavy atom. The molecule has 4 nitrogen and oxygen atoms in total. The van der Waals surface area contributed by atoms with Crippen LogP contribution in [0.4, 0.5) is 0 Å². The maximum Gasteiger partial charge on any atom is 0.0478 e. The lowest BCUT2D eigenvalue weighted by atomic mass is 10.0. The molecule has 0 unspecified atom stereocenters. The van der Waals surface area contributed by atoms with Crippen molar-refractivity contribution in [1.29, 1.82) is 0 Å². The largest absolute Gasteiger partial charge is 0.381 e. The predicted molar refractivity (Wildman–Crippen MR) is 162 cm³/mol. The van der Waals surface area contributed by atoms with E-state index in [0.29, 0.717) is 0 Å². The van der Waals surface area contributed by atoms with E-state index in [0.717, 1.165) is 52.4 Å². The summed E-state index contributed by atoms with van der Waals surface area (Å²) in [7, 11) is 0. The minimum Gasteiger partial charge on any atom is -0.381 e. The molecule has 0 heterocycles. The predicted octanol–water partition coefficient (Wildman–Crippen LogP) is 9.33. The van der Waals surface area contributed by atoms with E-state index in [1.54, 1.807) is 0 Å². The number of ether oxygens (including phenoxy) is 2. The summed E-state index contributed by atoms with van der Waals surface area (Å²) in [6.07, 6.45) is 32.7. The van der Waals surface area contributed by atoms with Crippen molar-refractivity contribution in [3.05, 3.63) is 0 Å². The van der Waals surface area contributed by atoms with Gasteiger partial charge in [0.15, 0.2) is 0 Å². The Morgan fingerprint density at radius 2 is 0.528 bits per heavy atom. The maximum atomic E-state index is 5.50. The van der Waals surface area contributed by atoms with Crippen molar-refractivity contribution in [1.82, 2.24) is 0 Å². The van der Waals surface area contributed by atoms with Crippen molar-refractivity contribution in [3.63, 3.8) is 0 Å². The van der Waals surface area contributed by atoms with Crippen LogP contribution in [-0.4, -0.2) is 39.5 Å². The molecule has 0 bridgehead atoms. The van der Waals surface area contributed by atoms with Crippen molar-refractivity contribution in [3.8, 4) is 0 Å². The van der Waals surface area contributed by atoms with Gasteiger partial charge in [-0.15, -0.1) is 0 Å². The van der Waals surface area contributed by atoms with Crippen LogP contribution in [0.2, 0.25) is 0 Å². The van der Waals surface area contributed by atoms with Crippen LogP contribution in [0.3, 0.4) is 0 Å². The molecule has 0 saturated carbocycles. The van der Waals surface area contributed by atoms with Gasteiger partial charge in [-0.25, -0.2) is 0 Å². The average Bonchev–Trinajstić information content (AvgIpc) is 2.89. The minimum absolute atomic E-state index is 0.747. The first-order valence-corrected chi connectivity index (χ1v) is 16.4. The summed E-state index contributed by atoms with van der Waals surface area (Å²) in [5.41, 5.74) is 10.8. The van der Waals surface area contributed by atoms with E-state index in [9.17, 15) is 0 Å². The molecule has 0 fully saturated rings. The lowest BCUT2D eigenvalue weighted by molar-refractivity contribution is 0.129. The number of nitrogens with two attached hydrogens (primary N) is 2. The Morgan fingerprint density at radius 3 is 0.778 bits per heavy atom. The van der Waals surface area contributed by atoms with Crippen LogP contribution in [0.1, 0.15) is 168 Å². The van der Waals surface area contributed by atoms with E-state index in [-0.39, 0.29) is 0 Å². The zero-order valence-electron chi connectivity index (χ0n) is 25.2. The van der Waals surface area contributed by atoms with E-state index in [2.05, 4.69) is 13.8 Å². The van der Waals surface area contributed by atoms with Crippen LogP contribution in [0.15, 0.2) is 0 Å². The quantitative estimate of drug-likeness (QED) is 0.0936. The van der Waals surface area contributed by atoms with Gasteiger partial charge in [0.2, 0.25) is 0 Å². The zero-order valence-corrected chi connectivity index (χ0v) is 25.2. The molecule has 0 atom stereocenters. The zero-order chi connectivity index (χ0) is 26.6. The molecule has 4 heteroatoms. The molecular weight excluding hydrogens is 444 g/mol. The van der Waals surface area contributed by atoms with Crippen LogP contribution >= 0.6 is 0 Å². The van der Waals surface area contributed by atoms with Crippen molar-refractivity contribution in [2.45, 2.75) is 168 Å². The van der Waals surface area contributed by atoms with Gasteiger partial charge in [-0.3, -0.25) is 0 Å².